The molecule has 0 aliphatic carbocycles. The van der Waals surface area contributed by atoms with Gasteiger partial charge in [0.1, 0.15) is 0 Å². The summed E-state index contributed by atoms with van der Waals surface area (Å²) >= 11 is 0. The Morgan fingerprint density at radius 1 is 1.05 bits per heavy atom. The summed E-state index contributed by atoms with van der Waals surface area (Å²) in [5.74, 6) is 5.89. The van der Waals surface area contributed by atoms with Gasteiger partial charge < -0.3 is 9.94 Å². The first kappa shape index (κ1) is 14.9. The van der Waals surface area contributed by atoms with Crippen LogP contribution in [0.2, 0.25) is 0 Å². The van der Waals surface area contributed by atoms with Gasteiger partial charge in [0.25, 0.3) is 0 Å². The molecular weight excluding hydrogens is 290 g/mol. The molecule has 0 saturated carbocycles. The third kappa shape index (κ3) is 3.74. The summed E-state index contributed by atoms with van der Waals surface area (Å²) in [6, 6.07) is 9.45. The molecule has 0 unspecified atom stereocenters. The van der Waals surface area contributed by atoms with Crippen molar-refractivity contribution in [3.8, 4) is 17.7 Å². The van der Waals surface area contributed by atoms with Gasteiger partial charge in [-0.1, -0.05) is 11.8 Å². The third-order valence-corrected chi connectivity index (χ3v) is 3.85. The van der Waals surface area contributed by atoms with Gasteiger partial charge >= 0.3 is 5.88 Å². The zero-order valence-electron chi connectivity index (χ0n) is 11.5. The number of pyridine rings is 1. The molecule has 0 spiro atoms. The zero-order chi connectivity index (χ0) is 15.5. The SMILES string of the molecule is COc1ccc(C#Cc2ccc(S(C)(=O)=O)cc2)c[n+]1[O-]. The summed E-state index contributed by atoms with van der Waals surface area (Å²) in [5, 5.41) is 11.5. The molecule has 21 heavy (non-hydrogen) atoms. The molecule has 5 nitrogen and oxygen atoms in total. The fourth-order valence-electron chi connectivity index (χ4n) is 1.63. The van der Waals surface area contributed by atoms with E-state index >= 15 is 0 Å². The first-order valence-electron chi connectivity index (χ1n) is 5.99. The average Bonchev–Trinajstić information content (AvgIpc) is 2.45. The molecule has 0 N–H and O–H groups in total. The van der Waals surface area contributed by atoms with Crippen LogP contribution < -0.4 is 9.47 Å². The van der Waals surface area contributed by atoms with Crippen molar-refractivity contribution in [3.63, 3.8) is 0 Å². The second kappa shape index (κ2) is 5.85. The summed E-state index contributed by atoms with van der Waals surface area (Å²) in [6.45, 7) is 0. The van der Waals surface area contributed by atoms with Gasteiger partial charge in [0.15, 0.2) is 16.0 Å². The van der Waals surface area contributed by atoms with E-state index in [1.165, 1.54) is 31.5 Å². The fraction of sp³-hybridized carbons (Fsp3) is 0.133. The number of hydrogen-bond acceptors (Lipinski definition) is 4. The predicted octanol–water partition coefficient (Wildman–Crippen LogP) is 1.13. The topological polar surface area (TPSA) is 70.3 Å². The Kier molecular flexibility index (Phi) is 4.15. The summed E-state index contributed by atoms with van der Waals surface area (Å²) in [4.78, 5) is 0.245. The number of benzene rings is 1. The van der Waals surface area contributed by atoms with Crippen LogP contribution in [0.1, 0.15) is 11.1 Å². The van der Waals surface area contributed by atoms with Crippen molar-refractivity contribution in [2.24, 2.45) is 0 Å². The van der Waals surface area contributed by atoms with Crippen LogP contribution in [0.5, 0.6) is 5.88 Å². The van der Waals surface area contributed by atoms with Crippen LogP contribution in [0.3, 0.4) is 0 Å². The fourth-order valence-corrected chi connectivity index (χ4v) is 2.26. The first-order valence-corrected chi connectivity index (χ1v) is 7.88. The lowest BCUT2D eigenvalue weighted by Gasteiger charge is -2.01. The van der Waals surface area contributed by atoms with Crippen molar-refractivity contribution in [2.45, 2.75) is 4.90 Å². The van der Waals surface area contributed by atoms with Crippen LogP contribution in [0, 0.1) is 17.0 Å². The number of rotatable bonds is 2. The standard InChI is InChI=1S/C15H13NO4S/c1-20-15-10-7-13(11-16(15)17)4-3-12-5-8-14(9-6-12)21(2,18)19/h5-11H,1-2H3. The minimum atomic E-state index is -3.21. The quantitative estimate of drug-likeness (QED) is 0.474. The molecular formula is C15H13NO4S. The summed E-state index contributed by atoms with van der Waals surface area (Å²) in [7, 11) is -1.79. The van der Waals surface area contributed by atoms with Crippen LogP contribution in [0.15, 0.2) is 47.5 Å². The van der Waals surface area contributed by atoms with E-state index in [0.29, 0.717) is 15.9 Å². The second-order valence-electron chi connectivity index (χ2n) is 4.33. The average molecular weight is 303 g/mol. The zero-order valence-corrected chi connectivity index (χ0v) is 12.3. The Hall–Kier alpha value is -2.52. The second-order valence-corrected chi connectivity index (χ2v) is 6.35. The molecule has 2 aromatic rings. The minimum absolute atomic E-state index is 0.193. The van der Waals surface area contributed by atoms with Crippen LogP contribution in [0.4, 0.5) is 0 Å². The Bertz CT molecular complexity index is 815. The molecule has 1 heterocycles. The summed E-state index contributed by atoms with van der Waals surface area (Å²) < 4.78 is 28.1. The Labute approximate surface area is 123 Å². The number of aromatic nitrogens is 1. The van der Waals surface area contributed by atoms with E-state index < -0.39 is 9.84 Å². The van der Waals surface area contributed by atoms with E-state index in [0.717, 1.165) is 6.26 Å². The van der Waals surface area contributed by atoms with Gasteiger partial charge in [0.05, 0.1) is 23.6 Å². The Balaban J connectivity index is 2.25. The van der Waals surface area contributed by atoms with Gasteiger partial charge in [-0.3, -0.25) is 0 Å². The minimum Gasteiger partial charge on any atom is -0.616 e. The number of methoxy groups -OCH3 is 1. The van der Waals surface area contributed by atoms with Crippen LogP contribution >= 0.6 is 0 Å². The molecule has 0 bridgehead atoms. The van der Waals surface area contributed by atoms with Crippen LogP contribution in [-0.4, -0.2) is 21.8 Å². The van der Waals surface area contributed by atoms with E-state index in [9.17, 15) is 13.6 Å². The smallest absolute Gasteiger partial charge is 0.379 e. The van der Waals surface area contributed by atoms with Gasteiger partial charge in [-0.25, -0.2) is 8.42 Å². The van der Waals surface area contributed by atoms with E-state index in [2.05, 4.69) is 11.8 Å². The van der Waals surface area contributed by atoms with E-state index in [1.807, 2.05) is 0 Å². The first-order chi connectivity index (χ1) is 9.90. The highest BCUT2D eigenvalue weighted by molar-refractivity contribution is 7.90. The number of ether oxygens (including phenoxy) is 1. The third-order valence-electron chi connectivity index (χ3n) is 2.72. The molecule has 1 aromatic heterocycles. The highest BCUT2D eigenvalue weighted by Gasteiger charge is 2.06. The molecule has 0 radical (unpaired) electrons. The summed E-state index contributed by atoms with van der Waals surface area (Å²) in [6.07, 6.45) is 2.47. The largest absolute Gasteiger partial charge is 0.616 e. The number of hydrogen-bond donors (Lipinski definition) is 0. The molecule has 2 rings (SSSR count). The van der Waals surface area contributed by atoms with Crippen LogP contribution in [0.25, 0.3) is 0 Å². The molecule has 0 fully saturated rings. The van der Waals surface area contributed by atoms with E-state index in [4.69, 9.17) is 4.74 Å². The van der Waals surface area contributed by atoms with Crippen molar-refractivity contribution < 1.29 is 17.9 Å². The van der Waals surface area contributed by atoms with Gasteiger partial charge in [0.2, 0.25) is 0 Å². The van der Waals surface area contributed by atoms with Crippen molar-refractivity contribution in [1.29, 1.82) is 0 Å². The molecule has 0 atom stereocenters. The summed E-state index contributed by atoms with van der Waals surface area (Å²) in [5.41, 5.74) is 1.20. The van der Waals surface area contributed by atoms with Gasteiger partial charge in [0, 0.05) is 11.8 Å². The monoisotopic (exact) mass is 303 g/mol. The molecule has 108 valence electrons. The maximum Gasteiger partial charge on any atom is 0.379 e. The van der Waals surface area contributed by atoms with Crippen LogP contribution in [-0.2, 0) is 9.84 Å². The number of nitrogens with zero attached hydrogens (tertiary/aromatic N) is 1. The molecule has 0 amide bonds. The normalized spacial score (nSPS) is 10.6. The van der Waals surface area contributed by atoms with Crippen molar-refractivity contribution in [1.82, 2.24) is 0 Å². The van der Waals surface area contributed by atoms with Crippen molar-refractivity contribution in [2.75, 3.05) is 13.4 Å². The highest BCUT2D eigenvalue weighted by atomic mass is 32.2. The molecule has 0 aliphatic rings. The lowest BCUT2D eigenvalue weighted by molar-refractivity contribution is -0.612. The molecule has 6 heteroatoms. The lowest BCUT2D eigenvalue weighted by Crippen LogP contribution is -2.28. The predicted molar refractivity (Wildman–Crippen MR) is 77.5 cm³/mol. The van der Waals surface area contributed by atoms with Gasteiger partial charge in [-0.15, -0.1) is 4.73 Å². The highest BCUT2D eigenvalue weighted by Crippen LogP contribution is 2.10. The van der Waals surface area contributed by atoms with Crippen molar-refractivity contribution >= 4 is 9.84 Å². The molecule has 0 saturated heterocycles. The maximum absolute atomic E-state index is 11.5. The Morgan fingerprint density at radius 2 is 1.62 bits per heavy atom. The number of sulfone groups is 1. The Morgan fingerprint density at radius 3 is 2.14 bits per heavy atom. The van der Waals surface area contributed by atoms with E-state index in [-0.39, 0.29) is 10.8 Å². The van der Waals surface area contributed by atoms with Crippen molar-refractivity contribution in [3.05, 3.63) is 58.9 Å². The lowest BCUT2D eigenvalue weighted by atomic mass is 10.2. The maximum atomic E-state index is 11.5. The van der Waals surface area contributed by atoms with Gasteiger partial charge in [-0.2, -0.15) is 0 Å². The van der Waals surface area contributed by atoms with E-state index in [1.54, 1.807) is 18.2 Å². The molecule has 1 aromatic carbocycles. The molecule has 0 aliphatic heterocycles. The van der Waals surface area contributed by atoms with Gasteiger partial charge in [-0.05, 0) is 30.3 Å².